The molecule has 1 N–H and O–H groups in total. The van der Waals surface area contributed by atoms with Gasteiger partial charge in [0.25, 0.3) is 11.7 Å². The fourth-order valence-corrected chi connectivity index (χ4v) is 3.27. The monoisotopic (exact) mass is 406 g/mol. The number of carbonyl (C=O) groups excluding carboxylic acids is 1. The highest BCUT2D eigenvalue weighted by Crippen LogP contribution is 2.22. The van der Waals surface area contributed by atoms with Crippen LogP contribution in [0.3, 0.4) is 0 Å². The topological polar surface area (TPSA) is 76.1 Å². The molecule has 0 bridgehead atoms. The molecule has 7 heteroatoms. The molecule has 0 aliphatic carbocycles. The van der Waals surface area contributed by atoms with E-state index in [9.17, 15) is 14.9 Å². The number of nitrogens with zero attached hydrogens (tertiary/aromatic N) is 2. The predicted molar refractivity (Wildman–Crippen MR) is 114 cm³/mol. The third-order valence-corrected chi connectivity index (χ3v) is 4.90. The summed E-state index contributed by atoms with van der Waals surface area (Å²) < 4.78 is 1.70. The van der Waals surface area contributed by atoms with E-state index in [0.717, 1.165) is 5.56 Å². The molecule has 1 atom stereocenters. The molecule has 0 saturated heterocycles. The van der Waals surface area contributed by atoms with E-state index < -0.39 is 11.0 Å². The smallest absolute Gasteiger partial charge is 0.273 e. The second kappa shape index (κ2) is 9.16. The number of pyridine rings is 1. The average molecular weight is 406 g/mol. The van der Waals surface area contributed by atoms with E-state index in [1.54, 1.807) is 48.1 Å². The summed E-state index contributed by atoms with van der Waals surface area (Å²) in [6.07, 6.45) is 3.50. The van der Waals surface area contributed by atoms with Crippen LogP contribution in [-0.2, 0) is 6.54 Å². The van der Waals surface area contributed by atoms with Gasteiger partial charge in [-0.05, 0) is 12.5 Å². The Kier molecular flexibility index (Phi) is 6.41. The molecule has 0 unspecified atom stereocenters. The summed E-state index contributed by atoms with van der Waals surface area (Å²) in [6, 6.07) is 18.9. The number of aromatic nitrogens is 1. The number of thiocarbonyl (C=S) groups is 1. The van der Waals surface area contributed by atoms with Gasteiger partial charge >= 0.3 is 0 Å². The zero-order valence-corrected chi connectivity index (χ0v) is 16.6. The highest BCUT2D eigenvalue weighted by atomic mass is 32.1. The van der Waals surface area contributed by atoms with Crippen molar-refractivity contribution in [3.05, 3.63) is 106 Å². The van der Waals surface area contributed by atoms with Crippen molar-refractivity contribution in [2.75, 3.05) is 0 Å². The fraction of sp³-hybridized carbons (Fsp3) is 0.136. The number of nitrogens with one attached hydrogen (secondary N) is 1. The molecular weight excluding hydrogens is 386 g/mol. The van der Waals surface area contributed by atoms with Gasteiger partial charge in [0.1, 0.15) is 0 Å². The van der Waals surface area contributed by atoms with Crippen LogP contribution in [0.25, 0.3) is 0 Å². The first-order chi connectivity index (χ1) is 14.0. The SMILES string of the molecule is Cc1ccc(C(=O)[C@H](C(=S)NCc2ccccc2)[n+]2ccccc2)cc1[N+](=O)[O-]. The number of aryl methyl sites for hydroxylation is 1. The van der Waals surface area contributed by atoms with E-state index in [1.165, 1.54) is 6.07 Å². The summed E-state index contributed by atoms with van der Waals surface area (Å²) in [4.78, 5) is 24.5. The van der Waals surface area contributed by atoms with E-state index >= 15 is 0 Å². The van der Waals surface area contributed by atoms with E-state index in [2.05, 4.69) is 5.32 Å². The van der Waals surface area contributed by atoms with Crippen LogP contribution >= 0.6 is 12.2 Å². The molecule has 0 fully saturated rings. The van der Waals surface area contributed by atoms with E-state index in [1.807, 2.05) is 36.4 Å². The number of Topliss-reactive ketones (excluding diaryl/α,β-unsaturated/α-hetero) is 1. The van der Waals surface area contributed by atoms with Crippen LogP contribution in [0.2, 0.25) is 0 Å². The first kappa shape index (κ1) is 20.3. The highest BCUT2D eigenvalue weighted by molar-refractivity contribution is 7.80. The lowest BCUT2D eigenvalue weighted by Gasteiger charge is -2.15. The lowest BCUT2D eigenvalue weighted by molar-refractivity contribution is -0.692. The second-order valence-electron chi connectivity index (χ2n) is 6.55. The third kappa shape index (κ3) is 4.89. The Hall–Kier alpha value is -3.45. The van der Waals surface area contributed by atoms with Crippen molar-refractivity contribution in [3.63, 3.8) is 0 Å². The normalized spacial score (nSPS) is 11.5. The van der Waals surface area contributed by atoms with Gasteiger partial charge in [0.05, 0.1) is 4.92 Å². The van der Waals surface area contributed by atoms with Gasteiger partial charge in [0.2, 0.25) is 5.78 Å². The molecule has 0 spiro atoms. The molecule has 0 amide bonds. The standard InChI is InChI=1S/C22H19N3O3S/c1-16-10-11-18(14-19(16)25(27)28)21(26)20(24-12-6-3-7-13-24)22(29)23-15-17-8-4-2-5-9-17/h2-14,20H,15H2,1H3/p+1/t20-/m1/s1. The Balaban J connectivity index is 1.91. The summed E-state index contributed by atoms with van der Waals surface area (Å²) in [5.41, 5.74) is 1.69. The van der Waals surface area contributed by atoms with Crippen LogP contribution in [-0.4, -0.2) is 15.7 Å². The third-order valence-electron chi connectivity index (χ3n) is 4.53. The predicted octanol–water partition coefficient (Wildman–Crippen LogP) is 3.73. The Labute approximate surface area is 174 Å². The van der Waals surface area contributed by atoms with Crippen LogP contribution in [0, 0.1) is 17.0 Å². The van der Waals surface area contributed by atoms with Crippen LogP contribution < -0.4 is 9.88 Å². The molecule has 29 heavy (non-hydrogen) atoms. The minimum absolute atomic E-state index is 0.0872. The largest absolute Gasteiger partial charge is 0.370 e. The van der Waals surface area contributed by atoms with Crippen molar-refractivity contribution in [1.29, 1.82) is 0 Å². The Morgan fingerprint density at radius 3 is 2.41 bits per heavy atom. The van der Waals surface area contributed by atoms with Gasteiger partial charge in [-0.2, -0.15) is 4.57 Å². The molecule has 0 aliphatic rings. The summed E-state index contributed by atoms with van der Waals surface area (Å²) in [6.45, 7) is 2.12. The van der Waals surface area contributed by atoms with E-state index in [0.29, 0.717) is 17.1 Å². The van der Waals surface area contributed by atoms with Crippen molar-refractivity contribution in [2.24, 2.45) is 0 Å². The number of hydrogen-bond donors (Lipinski definition) is 1. The van der Waals surface area contributed by atoms with Gasteiger partial charge < -0.3 is 5.32 Å². The number of nitro benzene ring substituents is 1. The molecular formula is C22H20N3O3S+. The summed E-state index contributed by atoms with van der Waals surface area (Å²) in [5.74, 6) is -0.310. The van der Waals surface area contributed by atoms with Crippen molar-refractivity contribution in [3.8, 4) is 0 Å². The van der Waals surface area contributed by atoms with Crippen molar-refractivity contribution in [2.45, 2.75) is 19.5 Å². The van der Waals surface area contributed by atoms with Crippen molar-refractivity contribution in [1.82, 2.24) is 5.32 Å². The van der Waals surface area contributed by atoms with Crippen molar-refractivity contribution < 1.29 is 14.3 Å². The maximum atomic E-state index is 13.3. The quantitative estimate of drug-likeness (QED) is 0.213. The number of benzene rings is 2. The molecule has 0 saturated carbocycles. The van der Waals surface area contributed by atoms with Crippen molar-refractivity contribution >= 4 is 28.7 Å². The van der Waals surface area contributed by atoms with E-state index in [4.69, 9.17) is 12.2 Å². The molecule has 146 valence electrons. The summed E-state index contributed by atoms with van der Waals surface area (Å²) in [5, 5.41) is 14.4. The zero-order valence-electron chi connectivity index (χ0n) is 15.8. The lowest BCUT2D eigenvalue weighted by Crippen LogP contribution is -2.51. The number of carbonyl (C=O) groups is 1. The summed E-state index contributed by atoms with van der Waals surface area (Å²) >= 11 is 5.56. The van der Waals surface area contributed by atoms with Gasteiger partial charge in [0.15, 0.2) is 17.4 Å². The molecule has 0 radical (unpaired) electrons. The molecule has 6 nitrogen and oxygen atoms in total. The van der Waals surface area contributed by atoms with Gasteiger partial charge in [-0.15, -0.1) is 0 Å². The minimum Gasteiger partial charge on any atom is -0.370 e. The highest BCUT2D eigenvalue weighted by Gasteiger charge is 2.33. The van der Waals surface area contributed by atoms with Crippen LogP contribution in [0.4, 0.5) is 5.69 Å². The number of ketones is 1. The van der Waals surface area contributed by atoms with Crippen LogP contribution in [0.15, 0.2) is 79.1 Å². The molecule has 3 rings (SSSR count). The van der Waals surface area contributed by atoms with Gasteiger partial charge in [-0.1, -0.05) is 60.7 Å². The number of hydrogen-bond acceptors (Lipinski definition) is 4. The Morgan fingerprint density at radius 1 is 1.10 bits per heavy atom. The Morgan fingerprint density at radius 2 is 1.76 bits per heavy atom. The van der Waals surface area contributed by atoms with Gasteiger partial charge in [0, 0.05) is 35.9 Å². The maximum absolute atomic E-state index is 13.3. The molecule has 1 aromatic heterocycles. The zero-order chi connectivity index (χ0) is 20.8. The molecule has 2 aromatic carbocycles. The number of rotatable bonds is 7. The van der Waals surface area contributed by atoms with Gasteiger partial charge in [-0.25, -0.2) is 0 Å². The first-order valence-corrected chi connectivity index (χ1v) is 9.45. The fourth-order valence-electron chi connectivity index (χ4n) is 2.97. The molecule has 0 aliphatic heterocycles. The molecule has 1 heterocycles. The summed E-state index contributed by atoms with van der Waals surface area (Å²) in [7, 11) is 0. The average Bonchev–Trinajstić information content (AvgIpc) is 2.74. The maximum Gasteiger partial charge on any atom is 0.273 e. The first-order valence-electron chi connectivity index (χ1n) is 9.04. The van der Waals surface area contributed by atoms with Crippen LogP contribution in [0.5, 0.6) is 0 Å². The molecule has 3 aromatic rings. The number of nitro groups is 1. The Bertz CT molecular complexity index is 1040. The minimum atomic E-state index is -0.808. The second-order valence-corrected chi connectivity index (χ2v) is 6.99. The van der Waals surface area contributed by atoms with E-state index in [-0.39, 0.29) is 17.0 Å². The van der Waals surface area contributed by atoms with Gasteiger partial charge in [-0.3, -0.25) is 14.9 Å². The van der Waals surface area contributed by atoms with Crippen LogP contribution in [0.1, 0.15) is 27.5 Å². The lowest BCUT2D eigenvalue weighted by atomic mass is 10.0.